The van der Waals surface area contributed by atoms with Crippen molar-refractivity contribution in [3.05, 3.63) is 48.6 Å². The van der Waals surface area contributed by atoms with Crippen molar-refractivity contribution >= 4 is 13.8 Å². The summed E-state index contributed by atoms with van der Waals surface area (Å²) < 4.78 is 33.7. The maximum Gasteiger partial charge on any atom is 0.472 e. The van der Waals surface area contributed by atoms with Gasteiger partial charge in [0, 0.05) is 19.6 Å². The summed E-state index contributed by atoms with van der Waals surface area (Å²) in [5.74, 6) is -0.331. The van der Waals surface area contributed by atoms with Gasteiger partial charge in [-0.05, 0) is 51.4 Å². The number of carbonyl (C=O) groups excluding carboxylic acids is 1. The molecular weight excluding hydrogens is 830 g/mol. The van der Waals surface area contributed by atoms with Gasteiger partial charge in [0.15, 0.2) is 0 Å². The molecule has 9 heteroatoms. The number of phosphoric acid groups is 1. The predicted molar refractivity (Wildman–Crippen MR) is 279 cm³/mol. The molecule has 0 saturated heterocycles. The second kappa shape index (κ2) is 53.4. The molecule has 0 saturated carbocycles. The minimum absolute atomic E-state index is 0.0957. The Labute approximate surface area is 402 Å². The van der Waals surface area contributed by atoms with E-state index in [9.17, 15) is 14.3 Å². The van der Waals surface area contributed by atoms with E-state index in [4.69, 9.17) is 24.3 Å². The van der Waals surface area contributed by atoms with Crippen LogP contribution in [0.15, 0.2) is 48.6 Å². The monoisotopic (exact) mass is 936 g/mol. The van der Waals surface area contributed by atoms with E-state index in [1.54, 1.807) is 0 Å². The Morgan fingerprint density at radius 2 is 0.862 bits per heavy atom. The Kier molecular flexibility index (Phi) is 52.1. The molecule has 0 aliphatic carbocycles. The Morgan fingerprint density at radius 1 is 0.477 bits per heavy atom. The van der Waals surface area contributed by atoms with Crippen molar-refractivity contribution in [2.75, 3.05) is 33.0 Å². The molecule has 0 radical (unpaired) electrons. The molecule has 382 valence electrons. The van der Waals surface area contributed by atoms with Crippen LogP contribution in [0.5, 0.6) is 0 Å². The SMILES string of the molecule is CC/C=C\C/C=C\C/C=C\C/C=C\CCCCCCCCCCCCC(=O)OC(COCCCCCCCCCCCCCCCCCCCCCCCCC)COP(=O)(O)OCCN. The third kappa shape index (κ3) is 53.3. The van der Waals surface area contributed by atoms with E-state index in [1.807, 2.05) is 0 Å². The summed E-state index contributed by atoms with van der Waals surface area (Å²) in [7, 11) is -4.29. The van der Waals surface area contributed by atoms with Crippen molar-refractivity contribution in [1.82, 2.24) is 0 Å². The normalized spacial score (nSPS) is 13.6. The molecule has 0 aromatic rings. The summed E-state index contributed by atoms with van der Waals surface area (Å²) in [5, 5.41) is 0. The van der Waals surface area contributed by atoms with Gasteiger partial charge in [-0.15, -0.1) is 0 Å². The zero-order chi connectivity index (χ0) is 47.3. The lowest BCUT2D eigenvalue weighted by atomic mass is 10.0. The van der Waals surface area contributed by atoms with Crippen LogP contribution in [0.1, 0.15) is 264 Å². The smallest absolute Gasteiger partial charge is 0.457 e. The minimum Gasteiger partial charge on any atom is -0.457 e. The number of rotatable bonds is 53. The maximum atomic E-state index is 12.7. The highest BCUT2D eigenvalue weighted by atomic mass is 31.2. The van der Waals surface area contributed by atoms with Gasteiger partial charge in [0.05, 0.1) is 19.8 Å². The number of hydrogen-bond acceptors (Lipinski definition) is 7. The Morgan fingerprint density at radius 3 is 1.29 bits per heavy atom. The average Bonchev–Trinajstić information content (AvgIpc) is 3.30. The van der Waals surface area contributed by atoms with Crippen LogP contribution < -0.4 is 5.73 Å². The van der Waals surface area contributed by atoms with Crippen molar-refractivity contribution in [1.29, 1.82) is 0 Å². The van der Waals surface area contributed by atoms with E-state index in [2.05, 4.69) is 62.5 Å². The minimum atomic E-state index is -4.29. The first kappa shape index (κ1) is 63.5. The molecule has 0 aromatic heterocycles. The summed E-state index contributed by atoms with van der Waals surface area (Å²) >= 11 is 0. The maximum absolute atomic E-state index is 12.7. The Hall–Kier alpha value is -1.54. The lowest BCUT2D eigenvalue weighted by Gasteiger charge is -2.20. The molecule has 0 aliphatic rings. The van der Waals surface area contributed by atoms with E-state index >= 15 is 0 Å². The fourth-order valence-electron chi connectivity index (χ4n) is 7.99. The molecule has 0 heterocycles. The lowest BCUT2D eigenvalue weighted by molar-refractivity contribution is -0.154. The second-order valence-corrected chi connectivity index (χ2v) is 19.9. The number of phosphoric ester groups is 1. The molecule has 65 heavy (non-hydrogen) atoms. The second-order valence-electron chi connectivity index (χ2n) is 18.4. The van der Waals surface area contributed by atoms with Crippen LogP contribution in [-0.2, 0) is 27.9 Å². The van der Waals surface area contributed by atoms with Gasteiger partial charge in [0.1, 0.15) is 6.10 Å². The van der Waals surface area contributed by atoms with Crippen LogP contribution in [0, 0.1) is 0 Å². The summed E-state index contributed by atoms with van der Waals surface area (Å²) in [4.78, 5) is 22.6. The zero-order valence-electron chi connectivity index (χ0n) is 42.7. The molecule has 0 spiro atoms. The summed E-state index contributed by atoms with van der Waals surface area (Å²) in [6.45, 7) is 4.86. The van der Waals surface area contributed by atoms with Gasteiger partial charge in [-0.1, -0.05) is 255 Å². The molecule has 8 nitrogen and oxygen atoms in total. The highest BCUT2D eigenvalue weighted by molar-refractivity contribution is 7.47. The van der Waals surface area contributed by atoms with Crippen LogP contribution >= 0.6 is 7.82 Å². The third-order valence-corrected chi connectivity index (χ3v) is 13.0. The zero-order valence-corrected chi connectivity index (χ0v) is 43.6. The lowest BCUT2D eigenvalue weighted by Crippen LogP contribution is -2.28. The van der Waals surface area contributed by atoms with E-state index in [1.165, 1.54) is 186 Å². The fraction of sp³-hybridized carbons (Fsp3) is 0.839. The molecular formula is C56H106NO7P. The average molecular weight is 936 g/mol. The summed E-state index contributed by atoms with van der Waals surface area (Å²) in [6.07, 6.45) is 65.9. The van der Waals surface area contributed by atoms with Crippen LogP contribution in [0.25, 0.3) is 0 Å². The van der Waals surface area contributed by atoms with Gasteiger partial charge in [-0.3, -0.25) is 13.8 Å². The fourth-order valence-corrected chi connectivity index (χ4v) is 8.76. The van der Waals surface area contributed by atoms with Gasteiger partial charge in [0.25, 0.3) is 0 Å². The quantitative estimate of drug-likeness (QED) is 0.0268. The standard InChI is InChI=1S/C56H106NO7P/c1-3-5-7-9-11-13-15-17-19-21-23-25-27-29-31-33-35-37-39-41-43-45-47-49-56(58)64-55(54-63-65(59,60)62-52-50-57)53-61-51-48-46-44-42-40-38-36-34-32-30-28-26-24-22-20-18-16-14-12-10-8-6-4-2/h5,7,11,13,17,19,23,25,55H,3-4,6,8-10,12,14-16,18,20-22,24,26-54,57H2,1-2H3,(H,59,60)/b7-5-,13-11-,19-17-,25-23-. The van der Waals surface area contributed by atoms with E-state index in [0.717, 1.165) is 57.8 Å². The number of nitrogens with two attached hydrogens (primary N) is 1. The first-order valence-electron chi connectivity index (χ1n) is 27.6. The van der Waals surface area contributed by atoms with Gasteiger partial charge < -0.3 is 20.1 Å². The molecule has 0 aliphatic heterocycles. The molecule has 2 atom stereocenters. The number of ether oxygens (including phenoxy) is 2. The third-order valence-electron chi connectivity index (χ3n) is 12.0. The molecule has 0 fully saturated rings. The number of esters is 1. The van der Waals surface area contributed by atoms with Crippen molar-refractivity contribution in [2.24, 2.45) is 5.73 Å². The molecule has 2 unspecified atom stereocenters. The van der Waals surface area contributed by atoms with Crippen molar-refractivity contribution < 1.29 is 32.8 Å². The van der Waals surface area contributed by atoms with Gasteiger partial charge >= 0.3 is 13.8 Å². The van der Waals surface area contributed by atoms with E-state index < -0.39 is 13.9 Å². The van der Waals surface area contributed by atoms with Crippen molar-refractivity contribution in [3.63, 3.8) is 0 Å². The molecule has 0 bridgehead atoms. The topological polar surface area (TPSA) is 117 Å². The van der Waals surface area contributed by atoms with Crippen LogP contribution in [0.3, 0.4) is 0 Å². The van der Waals surface area contributed by atoms with Crippen LogP contribution in [0.4, 0.5) is 0 Å². The molecule has 3 N–H and O–H groups in total. The first-order chi connectivity index (χ1) is 31.9. The van der Waals surface area contributed by atoms with Gasteiger partial charge in [-0.2, -0.15) is 0 Å². The highest BCUT2D eigenvalue weighted by Crippen LogP contribution is 2.43. The van der Waals surface area contributed by atoms with Gasteiger partial charge in [-0.25, -0.2) is 4.57 Å². The summed E-state index contributed by atoms with van der Waals surface area (Å²) in [6, 6.07) is 0. The van der Waals surface area contributed by atoms with Crippen molar-refractivity contribution in [3.8, 4) is 0 Å². The van der Waals surface area contributed by atoms with E-state index in [-0.39, 0.29) is 32.3 Å². The number of allylic oxidation sites excluding steroid dienone is 8. The predicted octanol–water partition coefficient (Wildman–Crippen LogP) is 17.5. The number of carbonyl (C=O) groups is 1. The number of hydrogen-bond donors (Lipinski definition) is 2. The van der Waals surface area contributed by atoms with E-state index in [0.29, 0.717) is 13.0 Å². The van der Waals surface area contributed by atoms with Crippen LogP contribution in [-0.4, -0.2) is 49.9 Å². The summed E-state index contributed by atoms with van der Waals surface area (Å²) in [5.41, 5.74) is 5.40. The van der Waals surface area contributed by atoms with Gasteiger partial charge in [0.2, 0.25) is 0 Å². The van der Waals surface area contributed by atoms with Crippen molar-refractivity contribution in [2.45, 2.75) is 270 Å². The highest BCUT2D eigenvalue weighted by Gasteiger charge is 2.25. The molecule has 0 aromatic carbocycles. The Balaban J connectivity index is 3.89. The molecule has 0 rings (SSSR count). The molecule has 0 amide bonds. The Bertz CT molecular complexity index is 1140. The van der Waals surface area contributed by atoms with Crippen LogP contribution in [0.2, 0.25) is 0 Å². The first-order valence-corrected chi connectivity index (χ1v) is 29.1. The largest absolute Gasteiger partial charge is 0.472 e. The number of unbranched alkanes of at least 4 members (excludes halogenated alkanes) is 32.